The topological polar surface area (TPSA) is 60.0 Å². The van der Waals surface area contributed by atoms with Crippen molar-refractivity contribution in [3.8, 4) is 5.75 Å². The minimum atomic E-state index is -0.124. The lowest BCUT2D eigenvalue weighted by atomic mass is 9.87. The van der Waals surface area contributed by atoms with Crippen LogP contribution in [0.15, 0.2) is 24.3 Å². The van der Waals surface area contributed by atoms with E-state index < -0.39 is 0 Å². The van der Waals surface area contributed by atoms with Gasteiger partial charge in [-0.15, -0.1) is 0 Å². The number of aromatic nitrogens is 3. The molecule has 5 heteroatoms. The van der Waals surface area contributed by atoms with E-state index in [1.807, 2.05) is 19.1 Å². The molecule has 0 unspecified atom stereocenters. The van der Waals surface area contributed by atoms with Crippen LogP contribution in [0.4, 0.5) is 0 Å². The van der Waals surface area contributed by atoms with Crippen LogP contribution in [0.2, 0.25) is 0 Å². The zero-order valence-corrected chi connectivity index (χ0v) is 13.3. The molecule has 0 spiro atoms. The highest BCUT2D eigenvalue weighted by Gasteiger charge is 2.13. The first-order valence-corrected chi connectivity index (χ1v) is 7.07. The van der Waals surface area contributed by atoms with Crippen molar-refractivity contribution in [1.29, 1.82) is 0 Å². The number of hydrogen-bond acceptors (Lipinski definition) is 4. The van der Waals surface area contributed by atoms with E-state index in [-0.39, 0.29) is 11.5 Å². The molecule has 0 aliphatic carbocycles. The number of ether oxygens (including phenoxy) is 2. The van der Waals surface area contributed by atoms with Gasteiger partial charge in [0.05, 0.1) is 0 Å². The fourth-order valence-electron chi connectivity index (χ4n) is 1.86. The summed E-state index contributed by atoms with van der Waals surface area (Å²) in [6, 6.07) is 8.15. The molecule has 21 heavy (non-hydrogen) atoms. The minimum Gasteiger partial charge on any atom is -0.486 e. The van der Waals surface area contributed by atoms with E-state index in [1.54, 1.807) is 7.11 Å². The lowest BCUT2D eigenvalue weighted by Crippen LogP contribution is -2.10. The van der Waals surface area contributed by atoms with Crippen molar-refractivity contribution in [3.63, 3.8) is 0 Å². The number of hydrogen-bond donors (Lipinski definition) is 1. The first-order valence-electron chi connectivity index (χ1n) is 7.07. The number of benzene rings is 1. The van der Waals surface area contributed by atoms with Crippen LogP contribution in [0.25, 0.3) is 0 Å². The standard InChI is InChI=1S/C16H23N3O2/c1-11(20-5)15-17-14(18-19-15)10-21-13-8-6-12(7-9-13)16(2,3)4/h6-9,11H,10H2,1-5H3,(H,17,18,19)/t11-/m0/s1. The Balaban J connectivity index is 1.95. The fraction of sp³-hybridized carbons (Fsp3) is 0.500. The molecule has 1 atom stereocenters. The van der Waals surface area contributed by atoms with Crippen LogP contribution in [0.3, 0.4) is 0 Å². The second-order valence-electron chi connectivity index (χ2n) is 6.08. The Morgan fingerprint density at radius 3 is 2.43 bits per heavy atom. The van der Waals surface area contributed by atoms with E-state index in [9.17, 15) is 0 Å². The normalized spacial score (nSPS) is 13.2. The first-order chi connectivity index (χ1) is 9.90. The summed E-state index contributed by atoms with van der Waals surface area (Å²) in [6.45, 7) is 8.83. The van der Waals surface area contributed by atoms with Gasteiger partial charge >= 0.3 is 0 Å². The minimum absolute atomic E-state index is 0.124. The molecule has 0 saturated carbocycles. The Morgan fingerprint density at radius 2 is 1.86 bits per heavy atom. The number of aromatic amines is 1. The Labute approximate surface area is 125 Å². The highest BCUT2D eigenvalue weighted by Crippen LogP contribution is 2.24. The molecule has 0 aliphatic heterocycles. The fourth-order valence-corrected chi connectivity index (χ4v) is 1.86. The van der Waals surface area contributed by atoms with Gasteiger partial charge in [0.15, 0.2) is 11.6 Å². The predicted molar refractivity (Wildman–Crippen MR) is 81.3 cm³/mol. The molecule has 1 N–H and O–H groups in total. The molecule has 0 saturated heterocycles. The SMILES string of the molecule is CO[C@@H](C)c1n[nH]c(COc2ccc(C(C)(C)C)cc2)n1. The van der Waals surface area contributed by atoms with Gasteiger partial charge in [0.2, 0.25) is 0 Å². The molecule has 0 amide bonds. The van der Waals surface area contributed by atoms with E-state index in [1.165, 1.54) is 5.56 Å². The summed E-state index contributed by atoms with van der Waals surface area (Å²) in [4.78, 5) is 4.34. The van der Waals surface area contributed by atoms with E-state index in [4.69, 9.17) is 9.47 Å². The maximum Gasteiger partial charge on any atom is 0.179 e. The second-order valence-corrected chi connectivity index (χ2v) is 6.08. The third kappa shape index (κ3) is 4.04. The summed E-state index contributed by atoms with van der Waals surface area (Å²) in [5, 5.41) is 6.97. The van der Waals surface area contributed by atoms with E-state index in [0.717, 1.165) is 5.75 Å². The highest BCUT2D eigenvalue weighted by molar-refractivity contribution is 5.31. The average molecular weight is 289 g/mol. The number of rotatable bonds is 5. The number of H-pyrrole nitrogens is 1. The highest BCUT2D eigenvalue weighted by atomic mass is 16.5. The van der Waals surface area contributed by atoms with Gasteiger partial charge in [-0.3, -0.25) is 5.10 Å². The van der Waals surface area contributed by atoms with Crippen LogP contribution in [0, 0.1) is 0 Å². The largest absolute Gasteiger partial charge is 0.486 e. The van der Waals surface area contributed by atoms with Crippen molar-refractivity contribution in [2.24, 2.45) is 0 Å². The van der Waals surface area contributed by atoms with Crippen molar-refractivity contribution in [3.05, 3.63) is 41.5 Å². The van der Waals surface area contributed by atoms with Crippen molar-refractivity contribution in [1.82, 2.24) is 15.2 Å². The average Bonchev–Trinajstić information content (AvgIpc) is 2.92. The van der Waals surface area contributed by atoms with E-state index >= 15 is 0 Å². The lowest BCUT2D eigenvalue weighted by Gasteiger charge is -2.19. The first kappa shape index (κ1) is 15.5. The van der Waals surface area contributed by atoms with Gasteiger partial charge in [0.25, 0.3) is 0 Å². The molecule has 0 radical (unpaired) electrons. The number of nitrogens with zero attached hydrogens (tertiary/aromatic N) is 2. The summed E-state index contributed by atoms with van der Waals surface area (Å²) >= 11 is 0. The van der Waals surface area contributed by atoms with Crippen LogP contribution >= 0.6 is 0 Å². The van der Waals surface area contributed by atoms with Gasteiger partial charge < -0.3 is 9.47 Å². The third-order valence-corrected chi connectivity index (χ3v) is 3.36. The molecule has 0 bridgehead atoms. The van der Waals surface area contributed by atoms with E-state index in [0.29, 0.717) is 18.3 Å². The monoisotopic (exact) mass is 289 g/mol. The number of methoxy groups -OCH3 is 1. The van der Waals surface area contributed by atoms with Crippen LogP contribution < -0.4 is 4.74 Å². The van der Waals surface area contributed by atoms with Gasteiger partial charge in [-0.2, -0.15) is 5.10 Å². The van der Waals surface area contributed by atoms with E-state index in [2.05, 4.69) is 48.1 Å². The van der Waals surface area contributed by atoms with Gasteiger partial charge in [0.1, 0.15) is 18.5 Å². The Kier molecular flexibility index (Phi) is 4.63. The maximum absolute atomic E-state index is 5.71. The lowest BCUT2D eigenvalue weighted by molar-refractivity contribution is 0.112. The van der Waals surface area contributed by atoms with Crippen LogP contribution in [-0.4, -0.2) is 22.3 Å². The molecule has 1 aromatic heterocycles. The Bertz CT molecular complexity index is 570. The quantitative estimate of drug-likeness (QED) is 0.916. The summed E-state index contributed by atoms with van der Waals surface area (Å²) in [6.07, 6.45) is -0.124. The Morgan fingerprint density at radius 1 is 1.19 bits per heavy atom. The zero-order chi connectivity index (χ0) is 15.5. The van der Waals surface area contributed by atoms with Crippen molar-refractivity contribution < 1.29 is 9.47 Å². The molecule has 2 rings (SSSR count). The number of nitrogens with one attached hydrogen (secondary N) is 1. The summed E-state index contributed by atoms with van der Waals surface area (Å²) < 4.78 is 10.9. The van der Waals surface area contributed by atoms with Gasteiger partial charge in [-0.05, 0) is 30.0 Å². The molecule has 0 fully saturated rings. The molecule has 5 nitrogen and oxygen atoms in total. The summed E-state index contributed by atoms with van der Waals surface area (Å²) in [5.41, 5.74) is 1.43. The third-order valence-electron chi connectivity index (χ3n) is 3.36. The van der Waals surface area contributed by atoms with Crippen LogP contribution in [0.5, 0.6) is 5.75 Å². The van der Waals surface area contributed by atoms with Gasteiger partial charge in [-0.25, -0.2) is 4.98 Å². The van der Waals surface area contributed by atoms with Crippen LogP contribution in [0.1, 0.15) is 51.0 Å². The van der Waals surface area contributed by atoms with Crippen molar-refractivity contribution in [2.75, 3.05) is 7.11 Å². The summed E-state index contributed by atoms with van der Waals surface area (Å²) in [7, 11) is 1.63. The molecule has 1 heterocycles. The van der Waals surface area contributed by atoms with Gasteiger partial charge in [0, 0.05) is 7.11 Å². The second kappa shape index (κ2) is 6.26. The van der Waals surface area contributed by atoms with Crippen molar-refractivity contribution >= 4 is 0 Å². The zero-order valence-electron chi connectivity index (χ0n) is 13.3. The molecule has 2 aromatic rings. The molecular weight excluding hydrogens is 266 g/mol. The smallest absolute Gasteiger partial charge is 0.179 e. The van der Waals surface area contributed by atoms with Crippen molar-refractivity contribution in [2.45, 2.75) is 45.8 Å². The Hall–Kier alpha value is -1.88. The molecular formula is C16H23N3O2. The maximum atomic E-state index is 5.71. The van der Waals surface area contributed by atoms with Crippen LogP contribution in [-0.2, 0) is 16.8 Å². The predicted octanol–water partition coefficient (Wildman–Crippen LogP) is 3.39. The summed E-state index contributed by atoms with van der Waals surface area (Å²) in [5.74, 6) is 2.15. The van der Waals surface area contributed by atoms with Gasteiger partial charge in [-0.1, -0.05) is 32.9 Å². The molecule has 1 aromatic carbocycles. The molecule has 114 valence electrons. The molecule has 0 aliphatic rings.